The number of hydrogen-bond donors (Lipinski definition) is 2. The van der Waals surface area contributed by atoms with Crippen molar-refractivity contribution in [3.05, 3.63) is 28.0 Å². The van der Waals surface area contributed by atoms with E-state index in [1.807, 2.05) is 0 Å². The molecule has 0 aromatic carbocycles. The van der Waals surface area contributed by atoms with Crippen LogP contribution >= 0.6 is 23.2 Å². The van der Waals surface area contributed by atoms with Crippen molar-refractivity contribution < 1.29 is 19.4 Å². The van der Waals surface area contributed by atoms with Gasteiger partial charge in [0.2, 0.25) is 0 Å². The first-order chi connectivity index (χ1) is 9.58. The standard InChI is InChI=1S/C13H16Cl2N2O4/c1-13(2,3)21-12(20)17-9(5-10(18)19)7-4-8(14)11(15)16-6-7/h4,6,9H,5H2,1-3H3,(H,17,20)(H,18,19)/t9-/m0/s1. The van der Waals surface area contributed by atoms with Gasteiger partial charge in [-0.25, -0.2) is 9.78 Å². The molecule has 0 radical (unpaired) electrons. The highest BCUT2D eigenvalue weighted by molar-refractivity contribution is 6.41. The molecule has 1 aromatic heterocycles. The fourth-order valence-electron chi connectivity index (χ4n) is 1.50. The smallest absolute Gasteiger partial charge is 0.408 e. The number of carbonyl (C=O) groups excluding carboxylic acids is 1. The van der Waals surface area contributed by atoms with Crippen LogP contribution in [0.25, 0.3) is 0 Å². The van der Waals surface area contributed by atoms with E-state index in [9.17, 15) is 9.59 Å². The van der Waals surface area contributed by atoms with Gasteiger partial charge in [-0.1, -0.05) is 23.2 Å². The first-order valence-electron chi connectivity index (χ1n) is 6.11. The average molecular weight is 335 g/mol. The Bertz CT molecular complexity index is 543. The zero-order valence-corrected chi connectivity index (χ0v) is 13.3. The zero-order valence-electron chi connectivity index (χ0n) is 11.8. The van der Waals surface area contributed by atoms with Gasteiger partial charge in [-0.2, -0.15) is 0 Å². The van der Waals surface area contributed by atoms with E-state index in [0.717, 1.165) is 0 Å². The van der Waals surface area contributed by atoms with Crippen LogP contribution in [-0.4, -0.2) is 27.8 Å². The molecule has 1 amide bonds. The molecule has 0 aliphatic rings. The van der Waals surface area contributed by atoms with Gasteiger partial charge in [0.25, 0.3) is 0 Å². The molecule has 2 N–H and O–H groups in total. The monoisotopic (exact) mass is 334 g/mol. The van der Waals surface area contributed by atoms with Gasteiger partial charge < -0.3 is 15.2 Å². The second kappa shape index (κ2) is 6.95. The Morgan fingerprint density at radius 2 is 2.05 bits per heavy atom. The van der Waals surface area contributed by atoms with E-state index in [4.69, 9.17) is 33.0 Å². The number of nitrogens with one attached hydrogen (secondary N) is 1. The molecule has 116 valence electrons. The van der Waals surface area contributed by atoms with Crippen LogP contribution < -0.4 is 5.32 Å². The quantitative estimate of drug-likeness (QED) is 0.823. The van der Waals surface area contributed by atoms with Crippen molar-refractivity contribution in [2.24, 2.45) is 0 Å². The number of halogens is 2. The number of carbonyl (C=O) groups is 2. The lowest BCUT2D eigenvalue weighted by Gasteiger charge is -2.23. The number of pyridine rings is 1. The molecule has 6 nitrogen and oxygen atoms in total. The van der Waals surface area contributed by atoms with E-state index in [-0.39, 0.29) is 16.6 Å². The normalized spacial score (nSPS) is 12.6. The van der Waals surface area contributed by atoms with Gasteiger partial charge in [0.15, 0.2) is 0 Å². The lowest BCUT2D eigenvalue weighted by molar-refractivity contribution is -0.137. The topological polar surface area (TPSA) is 88.5 Å². The van der Waals surface area contributed by atoms with Gasteiger partial charge in [-0.15, -0.1) is 0 Å². The molecule has 0 bridgehead atoms. The molecule has 1 atom stereocenters. The minimum Gasteiger partial charge on any atom is -0.481 e. The molecule has 21 heavy (non-hydrogen) atoms. The van der Waals surface area contributed by atoms with Crippen LogP contribution in [0.1, 0.15) is 38.8 Å². The highest BCUT2D eigenvalue weighted by Gasteiger charge is 2.23. The van der Waals surface area contributed by atoms with E-state index in [1.54, 1.807) is 20.8 Å². The van der Waals surface area contributed by atoms with Gasteiger partial charge in [-0.3, -0.25) is 4.79 Å². The van der Waals surface area contributed by atoms with E-state index in [0.29, 0.717) is 5.56 Å². The molecule has 0 spiro atoms. The Hall–Kier alpha value is -1.53. The van der Waals surface area contributed by atoms with Gasteiger partial charge >= 0.3 is 12.1 Å². The average Bonchev–Trinajstić information content (AvgIpc) is 2.28. The Balaban J connectivity index is 2.92. The summed E-state index contributed by atoms with van der Waals surface area (Å²) in [5, 5.41) is 11.7. The predicted molar refractivity (Wildman–Crippen MR) is 78.6 cm³/mol. The van der Waals surface area contributed by atoms with Crippen LogP contribution in [0.4, 0.5) is 4.79 Å². The molecule has 8 heteroatoms. The Morgan fingerprint density at radius 1 is 1.43 bits per heavy atom. The van der Waals surface area contributed by atoms with Crippen LogP contribution in [0.5, 0.6) is 0 Å². The summed E-state index contributed by atoms with van der Waals surface area (Å²) in [5.74, 6) is -1.08. The third-order valence-electron chi connectivity index (χ3n) is 2.29. The largest absolute Gasteiger partial charge is 0.481 e. The zero-order chi connectivity index (χ0) is 16.2. The van der Waals surface area contributed by atoms with Gasteiger partial charge in [-0.05, 0) is 32.4 Å². The maximum absolute atomic E-state index is 11.8. The third-order valence-corrected chi connectivity index (χ3v) is 2.98. The number of amides is 1. The van der Waals surface area contributed by atoms with Crippen molar-refractivity contribution in [3.63, 3.8) is 0 Å². The van der Waals surface area contributed by atoms with Crippen molar-refractivity contribution in [1.29, 1.82) is 0 Å². The molecule has 1 rings (SSSR count). The molecule has 0 unspecified atom stereocenters. The summed E-state index contributed by atoms with van der Waals surface area (Å²) in [6, 6.07) is 0.640. The second-order valence-corrected chi connectivity index (χ2v) is 6.10. The lowest BCUT2D eigenvalue weighted by atomic mass is 10.1. The minimum atomic E-state index is -1.08. The van der Waals surface area contributed by atoms with Gasteiger partial charge in [0.1, 0.15) is 10.8 Å². The number of alkyl carbamates (subject to hydrolysis) is 1. The summed E-state index contributed by atoms with van der Waals surface area (Å²) in [4.78, 5) is 26.5. The first-order valence-corrected chi connectivity index (χ1v) is 6.86. The van der Waals surface area contributed by atoms with Crippen LogP contribution in [0.2, 0.25) is 10.2 Å². The third kappa shape index (κ3) is 6.18. The highest BCUT2D eigenvalue weighted by Crippen LogP contribution is 2.25. The minimum absolute atomic E-state index is 0.103. The molecule has 0 fully saturated rings. The van der Waals surface area contributed by atoms with Gasteiger partial charge in [0, 0.05) is 6.20 Å². The summed E-state index contributed by atoms with van der Waals surface area (Å²) in [6.07, 6.45) is 0.303. The fraction of sp³-hybridized carbons (Fsp3) is 0.462. The van der Waals surface area contributed by atoms with Crippen LogP contribution in [0.15, 0.2) is 12.3 Å². The van der Waals surface area contributed by atoms with Crippen LogP contribution in [0.3, 0.4) is 0 Å². The second-order valence-electron chi connectivity index (χ2n) is 5.34. The van der Waals surface area contributed by atoms with E-state index in [2.05, 4.69) is 10.3 Å². The van der Waals surface area contributed by atoms with Crippen molar-refractivity contribution >= 4 is 35.3 Å². The first kappa shape index (κ1) is 17.5. The molecule has 0 aliphatic heterocycles. The van der Waals surface area contributed by atoms with Crippen LogP contribution in [-0.2, 0) is 9.53 Å². The Labute approximate surface area is 132 Å². The number of aliphatic carboxylic acids is 1. The maximum atomic E-state index is 11.8. The molecular formula is C13H16Cl2N2O4. The molecule has 0 aliphatic carbocycles. The number of carboxylic acid groups (broad SMARTS) is 1. The molecule has 0 saturated heterocycles. The summed E-state index contributed by atoms with van der Waals surface area (Å²) in [5.41, 5.74) is -0.258. The van der Waals surface area contributed by atoms with E-state index < -0.39 is 23.7 Å². The van der Waals surface area contributed by atoms with Crippen molar-refractivity contribution in [1.82, 2.24) is 10.3 Å². The Kier molecular flexibility index (Phi) is 5.80. The molecular weight excluding hydrogens is 319 g/mol. The van der Waals surface area contributed by atoms with E-state index in [1.165, 1.54) is 12.3 Å². The Morgan fingerprint density at radius 3 is 2.52 bits per heavy atom. The number of hydrogen-bond acceptors (Lipinski definition) is 4. The fourth-order valence-corrected chi connectivity index (χ4v) is 1.78. The molecule has 1 heterocycles. The summed E-state index contributed by atoms with van der Waals surface area (Å²) in [6.45, 7) is 5.12. The number of nitrogens with zero attached hydrogens (tertiary/aromatic N) is 1. The molecule has 1 aromatic rings. The van der Waals surface area contributed by atoms with Crippen LogP contribution in [0, 0.1) is 0 Å². The van der Waals surface area contributed by atoms with E-state index >= 15 is 0 Å². The number of ether oxygens (including phenoxy) is 1. The summed E-state index contributed by atoms with van der Waals surface area (Å²) in [7, 11) is 0. The lowest BCUT2D eigenvalue weighted by Crippen LogP contribution is -2.35. The molecule has 0 saturated carbocycles. The van der Waals surface area contributed by atoms with Crippen molar-refractivity contribution in [3.8, 4) is 0 Å². The number of aromatic nitrogens is 1. The predicted octanol–water partition coefficient (Wildman–Crippen LogP) is 3.43. The van der Waals surface area contributed by atoms with Crippen molar-refractivity contribution in [2.75, 3.05) is 0 Å². The van der Waals surface area contributed by atoms with Gasteiger partial charge in [0.05, 0.1) is 17.5 Å². The highest BCUT2D eigenvalue weighted by atomic mass is 35.5. The maximum Gasteiger partial charge on any atom is 0.408 e. The number of carboxylic acids is 1. The SMILES string of the molecule is CC(C)(C)OC(=O)N[C@@H](CC(=O)O)c1cnc(Cl)c(Cl)c1. The summed E-state index contributed by atoms with van der Waals surface area (Å²) >= 11 is 11.6. The van der Waals surface area contributed by atoms with Crippen molar-refractivity contribution in [2.45, 2.75) is 38.8 Å². The summed E-state index contributed by atoms with van der Waals surface area (Å²) < 4.78 is 5.10. The number of rotatable bonds is 4.